The van der Waals surface area contributed by atoms with Crippen LogP contribution in [0.2, 0.25) is 13.1 Å². The fourth-order valence-corrected chi connectivity index (χ4v) is 6.80. The molecule has 1 atom stereocenters. The largest absolute Gasteiger partial charge is 0.488 e. The summed E-state index contributed by atoms with van der Waals surface area (Å²) in [6.45, 7) is 21.0. The lowest BCUT2D eigenvalue weighted by Crippen LogP contribution is -2.35. The summed E-state index contributed by atoms with van der Waals surface area (Å²) in [5.74, 6) is 0.731. The Morgan fingerprint density at radius 1 is 0.875 bits per heavy atom. The SMILES string of the molecule is C[Si](C)OC(Cc1ccc(-c2c(C=O)cccc2OCc2ccc3c(c2)C(C)(C)CCC3(C)C)cc1)C(C)(C)C. The topological polar surface area (TPSA) is 35.5 Å². The molecule has 1 radical (unpaired) electrons. The Morgan fingerprint density at radius 2 is 1.50 bits per heavy atom. The standard InChI is InChI=1S/C36H47O3Si/c1-34(2,3)32(39-40(8)9)22-25-13-16-27(17-14-25)33-28(23-37)11-10-12-31(33)38-24-26-15-18-29-30(21-26)36(6,7)20-19-35(29,4)5/h10-18,21,23,32H,19-20,22,24H2,1-9H3. The van der Waals surface area contributed by atoms with E-state index in [0.29, 0.717) is 12.2 Å². The number of fused-ring (bicyclic) bond motifs is 1. The highest BCUT2D eigenvalue weighted by molar-refractivity contribution is 6.48. The molecule has 1 aliphatic rings. The number of hydrogen-bond acceptors (Lipinski definition) is 3. The van der Waals surface area contributed by atoms with Crippen LogP contribution in [-0.2, 0) is 28.3 Å². The van der Waals surface area contributed by atoms with Gasteiger partial charge in [-0.15, -0.1) is 0 Å². The second-order valence-corrected chi connectivity index (χ2v) is 16.1. The van der Waals surface area contributed by atoms with Gasteiger partial charge in [0, 0.05) is 11.1 Å². The number of ether oxygens (including phenoxy) is 1. The number of carbonyl (C=O) groups is 1. The predicted molar refractivity (Wildman–Crippen MR) is 169 cm³/mol. The van der Waals surface area contributed by atoms with E-state index in [1.165, 1.54) is 29.5 Å². The van der Waals surface area contributed by atoms with Crippen molar-refractivity contribution in [1.29, 1.82) is 0 Å². The number of benzene rings is 3. The van der Waals surface area contributed by atoms with Crippen molar-refractivity contribution in [3.63, 3.8) is 0 Å². The monoisotopic (exact) mass is 555 g/mol. The molecule has 4 heteroatoms. The van der Waals surface area contributed by atoms with Crippen molar-refractivity contribution in [2.45, 2.75) is 104 Å². The molecule has 4 rings (SSSR count). The third kappa shape index (κ3) is 6.78. The van der Waals surface area contributed by atoms with E-state index in [1.807, 2.05) is 18.2 Å². The number of aldehydes is 1. The molecular weight excluding hydrogens is 508 g/mol. The maximum Gasteiger partial charge on any atom is 0.205 e. The van der Waals surface area contributed by atoms with Crippen molar-refractivity contribution in [2.24, 2.45) is 5.41 Å². The van der Waals surface area contributed by atoms with E-state index in [0.717, 1.165) is 35.1 Å². The molecule has 0 N–H and O–H groups in total. The highest BCUT2D eigenvalue weighted by atomic mass is 28.3. The quantitative estimate of drug-likeness (QED) is 0.195. The lowest BCUT2D eigenvalue weighted by atomic mass is 9.63. The minimum Gasteiger partial charge on any atom is -0.488 e. The zero-order valence-corrected chi connectivity index (χ0v) is 27.0. The van der Waals surface area contributed by atoms with Gasteiger partial charge in [0.15, 0.2) is 6.29 Å². The van der Waals surface area contributed by atoms with Crippen molar-refractivity contribution in [3.05, 3.63) is 88.5 Å². The molecule has 0 fully saturated rings. The van der Waals surface area contributed by atoms with Gasteiger partial charge in [0.05, 0.1) is 6.10 Å². The summed E-state index contributed by atoms with van der Waals surface area (Å²) < 4.78 is 12.8. The van der Waals surface area contributed by atoms with Crippen molar-refractivity contribution in [2.75, 3.05) is 0 Å². The zero-order chi connectivity index (χ0) is 29.3. The van der Waals surface area contributed by atoms with Crippen molar-refractivity contribution in [1.82, 2.24) is 0 Å². The van der Waals surface area contributed by atoms with Crippen molar-refractivity contribution >= 4 is 15.3 Å². The molecule has 3 aromatic rings. The van der Waals surface area contributed by atoms with Crippen LogP contribution in [-0.4, -0.2) is 21.4 Å². The lowest BCUT2D eigenvalue weighted by Gasteiger charge is -2.42. The van der Waals surface area contributed by atoms with E-state index in [4.69, 9.17) is 9.16 Å². The normalized spacial score (nSPS) is 16.9. The Kier molecular flexibility index (Phi) is 8.82. The average Bonchev–Trinajstić information content (AvgIpc) is 2.89. The van der Waals surface area contributed by atoms with Crippen LogP contribution in [0.25, 0.3) is 11.1 Å². The number of hydrogen-bond donors (Lipinski definition) is 0. The summed E-state index contributed by atoms with van der Waals surface area (Å²) in [6.07, 6.45) is 4.33. The molecule has 213 valence electrons. The van der Waals surface area contributed by atoms with Crippen molar-refractivity contribution < 1.29 is 14.0 Å². The van der Waals surface area contributed by atoms with E-state index in [9.17, 15) is 4.79 Å². The minimum absolute atomic E-state index is 0.0629. The lowest BCUT2D eigenvalue weighted by molar-refractivity contribution is 0.0867. The molecule has 0 spiro atoms. The van der Waals surface area contributed by atoms with Gasteiger partial charge in [0.25, 0.3) is 0 Å². The fraction of sp³-hybridized carbons (Fsp3) is 0.472. The molecule has 0 aliphatic heterocycles. The van der Waals surface area contributed by atoms with E-state index in [1.54, 1.807) is 0 Å². The van der Waals surface area contributed by atoms with Crippen LogP contribution >= 0.6 is 0 Å². The average molecular weight is 556 g/mol. The van der Waals surface area contributed by atoms with Gasteiger partial charge >= 0.3 is 0 Å². The molecule has 0 saturated heterocycles. The highest BCUT2D eigenvalue weighted by Gasteiger charge is 2.37. The molecule has 0 bridgehead atoms. The van der Waals surface area contributed by atoms with Crippen LogP contribution in [0, 0.1) is 5.41 Å². The highest BCUT2D eigenvalue weighted by Crippen LogP contribution is 2.46. The first-order chi connectivity index (χ1) is 18.7. The summed E-state index contributed by atoms with van der Waals surface area (Å²) >= 11 is 0. The van der Waals surface area contributed by atoms with Gasteiger partial charge in [-0.3, -0.25) is 4.79 Å². The second kappa shape index (κ2) is 11.7. The van der Waals surface area contributed by atoms with Gasteiger partial charge in [0.1, 0.15) is 12.4 Å². The van der Waals surface area contributed by atoms with Crippen LogP contribution in [0.15, 0.2) is 60.7 Å². The maximum absolute atomic E-state index is 12.1. The molecule has 1 aliphatic carbocycles. The number of carbonyl (C=O) groups excluding carboxylic acids is 1. The van der Waals surface area contributed by atoms with Crippen LogP contribution in [0.5, 0.6) is 5.75 Å². The summed E-state index contributed by atoms with van der Waals surface area (Å²) in [7, 11) is -0.802. The van der Waals surface area contributed by atoms with Crippen LogP contribution in [0.3, 0.4) is 0 Å². The Morgan fingerprint density at radius 3 is 2.10 bits per heavy atom. The maximum atomic E-state index is 12.1. The third-order valence-electron chi connectivity index (χ3n) is 8.50. The summed E-state index contributed by atoms with van der Waals surface area (Å²) in [6, 6.07) is 21.1. The van der Waals surface area contributed by atoms with Crippen molar-refractivity contribution in [3.8, 4) is 16.9 Å². The van der Waals surface area contributed by atoms with Gasteiger partial charge in [0.2, 0.25) is 9.04 Å². The molecule has 0 aromatic heterocycles. The van der Waals surface area contributed by atoms with Gasteiger partial charge in [-0.2, -0.15) is 0 Å². The molecule has 0 heterocycles. The molecule has 3 aromatic carbocycles. The predicted octanol–water partition coefficient (Wildman–Crippen LogP) is 9.32. The molecule has 3 nitrogen and oxygen atoms in total. The Bertz CT molecular complexity index is 1330. The van der Waals surface area contributed by atoms with E-state index < -0.39 is 9.04 Å². The van der Waals surface area contributed by atoms with E-state index in [2.05, 4.69) is 104 Å². The van der Waals surface area contributed by atoms with E-state index in [-0.39, 0.29) is 22.3 Å². The van der Waals surface area contributed by atoms with Gasteiger partial charge in [-0.1, -0.05) is 103 Å². The van der Waals surface area contributed by atoms with E-state index >= 15 is 0 Å². The van der Waals surface area contributed by atoms with Gasteiger partial charge < -0.3 is 9.16 Å². The number of rotatable bonds is 9. The van der Waals surface area contributed by atoms with Crippen LogP contribution in [0.4, 0.5) is 0 Å². The van der Waals surface area contributed by atoms with Gasteiger partial charge in [-0.05, 0) is 82.5 Å². The molecule has 0 amide bonds. The molecule has 40 heavy (non-hydrogen) atoms. The van der Waals surface area contributed by atoms with Crippen LogP contribution in [0.1, 0.15) is 93.9 Å². The minimum atomic E-state index is -0.802. The fourth-order valence-electron chi connectivity index (χ4n) is 5.79. The Labute approximate surface area is 244 Å². The first kappa shape index (κ1) is 30.3. The molecule has 0 saturated carbocycles. The summed E-state index contributed by atoms with van der Waals surface area (Å²) in [4.78, 5) is 12.1. The first-order valence-electron chi connectivity index (χ1n) is 14.6. The zero-order valence-electron chi connectivity index (χ0n) is 26.0. The first-order valence-corrected chi connectivity index (χ1v) is 17.0. The Balaban J connectivity index is 1.59. The molecular formula is C36H47O3Si. The third-order valence-corrected chi connectivity index (χ3v) is 9.26. The summed E-state index contributed by atoms with van der Waals surface area (Å²) in [5.41, 5.74) is 8.14. The second-order valence-electron chi connectivity index (χ2n) is 14.1. The Hall–Kier alpha value is -2.69. The van der Waals surface area contributed by atoms with Gasteiger partial charge in [-0.25, -0.2) is 0 Å². The molecule has 1 unspecified atom stereocenters. The summed E-state index contributed by atoms with van der Waals surface area (Å²) in [5, 5.41) is 0. The van der Waals surface area contributed by atoms with Crippen LogP contribution < -0.4 is 4.74 Å². The smallest absolute Gasteiger partial charge is 0.205 e.